The van der Waals surface area contributed by atoms with E-state index in [2.05, 4.69) is 20.2 Å². The summed E-state index contributed by atoms with van der Waals surface area (Å²) in [7, 11) is 0. The molecule has 2 aliphatic rings. The summed E-state index contributed by atoms with van der Waals surface area (Å²) in [6, 6.07) is 13.3. The molecular formula is C23H23ClN6O4. The fourth-order valence-electron chi connectivity index (χ4n) is 4.10. The second kappa shape index (κ2) is 9.70. The highest BCUT2D eigenvalue weighted by Crippen LogP contribution is 2.34. The van der Waals surface area contributed by atoms with Gasteiger partial charge in [0.1, 0.15) is 6.33 Å². The van der Waals surface area contributed by atoms with E-state index in [1.807, 2.05) is 35.2 Å². The molecule has 2 aromatic carbocycles. The van der Waals surface area contributed by atoms with Gasteiger partial charge in [-0.15, -0.1) is 0 Å². The molecule has 3 heterocycles. The average molecular weight is 483 g/mol. The summed E-state index contributed by atoms with van der Waals surface area (Å²) in [6.07, 6.45) is 1.37. The Kier molecular flexibility index (Phi) is 6.33. The highest BCUT2D eigenvalue weighted by molar-refractivity contribution is 6.30. The lowest BCUT2D eigenvalue weighted by Crippen LogP contribution is -2.46. The van der Waals surface area contributed by atoms with Crippen molar-refractivity contribution >= 4 is 28.9 Å². The van der Waals surface area contributed by atoms with Gasteiger partial charge in [0, 0.05) is 44.3 Å². The number of piperazine rings is 1. The van der Waals surface area contributed by atoms with Crippen molar-refractivity contribution in [1.82, 2.24) is 14.9 Å². The Morgan fingerprint density at radius 1 is 1.00 bits per heavy atom. The van der Waals surface area contributed by atoms with Gasteiger partial charge < -0.3 is 19.7 Å². The first-order valence-corrected chi connectivity index (χ1v) is 11.3. The summed E-state index contributed by atoms with van der Waals surface area (Å²) in [5.74, 6) is 2.07. The first-order valence-electron chi connectivity index (χ1n) is 10.9. The third-order valence-electron chi connectivity index (χ3n) is 5.87. The predicted octanol–water partition coefficient (Wildman–Crippen LogP) is 3.70. The molecule has 3 aromatic rings. The number of halogens is 1. The minimum absolute atomic E-state index is 0.110. The SMILES string of the molecule is O=[N+]([O-])c1c(NCc2ccc(Cl)cc2)ncnc1N1CCN(Cc2ccc3c(c2)OCO3)CC1. The molecule has 0 atom stereocenters. The maximum Gasteiger partial charge on any atom is 0.353 e. The van der Waals surface area contributed by atoms with E-state index in [9.17, 15) is 10.1 Å². The minimum atomic E-state index is -0.418. The van der Waals surface area contributed by atoms with E-state index in [0.29, 0.717) is 30.5 Å². The number of rotatable bonds is 7. The van der Waals surface area contributed by atoms with Crippen molar-refractivity contribution in [2.45, 2.75) is 13.1 Å². The molecule has 34 heavy (non-hydrogen) atoms. The normalized spacial score (nSPS) is 15.4. The lowest BCUT2D eigenvalue weighted by Gasteiger charge is -2.35. The van der Waals surface area contributed by atoms with E-state index in [0.717, 1.165) is 42.3 Å². The number of hydrogen-bond acceptors (Lipinski definition) is 9. The van der Waals surface area contributed by atoms with Crippen molar-refractivity contribution in [3.8, 4) is 11.5 Å². The monoisotopic (exact) mass is 482 g/mol. The number of hydrogen-bond donors (Lipinski definition) is 1. The molecule has 1 N–H and O–H groups in total. The van der Waals surface area contributed by atoms with E-state index in [1.54, 1.807) is 12.1 Å². The number of nitro groups is 1. The summed E-state index contributed by atoms with van der Waals surface area (Å²) in [6.45, 7) is 4.16. The Labute approximate surface area is 201 Å². The number of aromatic nitrogens is 2. The van der Waals surface area contributed by atoms with Gasteiger partial charge in [-0.1, -0.05) is 29.8 Å². The Balaban J connectivity index is 1.25. The number of ether oxygens (including phenoxy) is 2. The summed E-state index contributed by atoms with van der Waals surface area (Å²) >= 11 is 5.93. The lowest BCUT2D eigenvalue weighted by atomic mass is 10.1. The average Bonchev–Trinajstić information content (AvgIpc) is 3.32. The van der Waals surface area contributed by atoms with Crippen LogP contribution in [0.15, 0.2) is 48.8 Å². The Morgan fingerprint density at radius 3 is 2.50 bits per heavy atom. The summed E-state index contributed by atoms with van der Waals surface area (Å²) in [5.41, 5.74) is 1.97. The fraction of sp³-hybridized carbons (Fsp3) is 0.304. The van der Waals surface area contributed by atoms with Gasteiger partial charge in [0.05, 0.1) is 4.92 Å². The maximum atomic E-state index is 11.9. The van der Waals surface area contributed by atoms with Crippen LogP contribution in [0, 0.1) is 10.1 Å². The topological polar surface area (TPSA) is 106 Å². The smallest absolute Gasteiger partial charge is 0.353 e. The van der Waals surface area contributed by atoms with Crippen LogP contribution in [0.1, 0.15) is 11.1 Å². The van der Waals surface area contributed by atoms with E-state index >= 15 is 0 Å². The van der Waals surface area contributed by atoms with E-state index in [1.165, 1.54) is 6.33 Å². The van der Waals surface area contributed by atoms with Crippen LogP contribution in [0.5, 0.6) is 11.5 Å². The summed E-state index contributed by atoms with van der Waals surface area (Å²) in [5, 5.41) is 15.7. The molecule has 5 rings (SSSR count). The number of nitrogens with one attached hydrogen (secondary N) is 1. The van der Waals surface area contributed by atoms with Crippen LogP contribution < -0.4 is 19.7 Å². The molecule has 176 valence electrons. The van der Waals surface area contributed by atoms with Crippen LogP contribution >= 0.6 is 11.6 Å². The van der Waals surface area contributed by atoms with Crippen LogP contribution in [0.3, 0.4) is 0 Å². The molecule has 0 bridgehead atoms. The van der Waals surface area contributed by atoms with Crippen molar-refractivity contribution in [1.29, 1.82) is 0 Å². The van der Waals surface area contributed by atoms with Gasteiger partial charge in [-0.25, -0.2) is 9.97 Å². The van der Waals surface area contributed by atoms with Crippen LogP contribution in [0.4, 0.5) is 17.3 Å². The van der Waals surface area contributed by atoms with Gasteiger partial charge in [-0.2, -0.15) is 0 Å². The standard InChI is InChI=1S/C23H23ClN6O4/c24-18-4-1-16(2-5-18)12-25-22-21(30(31)32)23(27-14-26-22)29-9-7-28(8-10-29)13-17-3-6-19-20(11-17)34-15-33-19/h1-6,11,14H,7-10,12-13,15H2,(H,25,26,27). The lowest BCUT2D eigenvalue weighted by molar-refractivity contribution is -0.383. The first kappa shape index (κ1) is 22.2. The van der Waals surface area contributed by atoms with Crippen molar-refractivity contribution in [3.05, 3.63) is 75.1 Å². The molecule has 0 radical (unpaired) electrons. The molecule has 0 aliphatic carbocycles. The molecule has 0 saturated carbocycles. The minimum Gasteiger partial charge on any atom is -0.454 e. The maximum absolute atomic E-state index is 11.9. The van der Waals surface area contributed by atoms with Gasteiger partial charge in [0.25, 0.3) is 0 Å². The highest BCUT2D eigenvalue weighted by atomic mass is 35.5. The van der Waals surface area contributed by atoms with Crippen molar-refractivity contribution in [2.24, 2.45) is 0 Å². The molecule has 0 unspecified atom stereocenters. The zero-order chi connectivity index (χ0) is 23.5. The molecule has 1 fully saturated rings. The van der Waals surface area contributed by atoms with Crippen LogP contribution in [-0.4, -0.2) is 52.8 Å². The summed E-state index contributed by atoms with van der Waals surface area (Å²) < 4.78 is 10.8. The quantitative estimate of drug-likeness (QED) is 0.398. The predicted molar refractivity (Wildman–Crippen MR) is 128 cm³/mol. The number of anilines is 2. The summed E-state index contributed by atoms with van der Waals surface area (Å²) in [4.78, 5) is 24.2. The number of nitrogens with zero attached hydrogens (tertiary/aromatic N) is 5. The zero-order valence-electron chi connectivity index (χ0n) is 18.3. The second-order valence-electron chi connectivity index (χ2n) is 8.08. The van der Waals surface area contributed by atoms with Gasteiger partial charge in [0.15, 0.2) is 11.5 Å². The highest BCUT2D eigenvalue weighted by Gasteiger charge is 2.29. The Bertz CT molecular complexity index is 1180. The van der Waals surface area contributed by atoms with Crippen LogP contribution in [0.2, 0.25) is 5.02 Å². The third-order valence-corrected chi connectivity index (χ3v) is 6.13. The van der Waals surface area contributed by atoms with E-state index < -0.39 is 4.92 Å². The zero-order valence-corrected chi connectivity index (χ0v) is 19.1. The molecule has 11 heteroatoms. The van der Waals surface area contributed by atoms with Gasteiger partial charge in [0.2, 0.25) is 18.4 Å². The van der Waals surface area contributed by atoms with E-state index in [4.69, 9.17) is 21.1 Å². The largest absolute Gasteiger partial charge is 0.454 e. The van der Waals surface area contributed by atoms with Gasteiger partial charge >= 0.3 is 5.69 Å². The molecular weight excluding hydrogens is 460 g/mol. The fourth-order valence-corrected chi connectivity index (χ4v) is 4.23. The van der Waals surface area contributed by atoms with Gasteiger partial charge in [-0.05, 0) is 35.4 Å². The molecule has 1 aromatic heterocycles. The van der Waals surface area contributed by atoms with E-state index in [-0.39, 0.29) is 18.3 Å². The van der Waals surface area contributed by atoms with Crippen molar-refractivity contribution < 1.29 is 14.4 Å². The number of fused-ring (bicyclic) bond motifs is 1. The van der Waals surface area contributed by atoms with Gasteiger partial charge in [-0.3, -0.25) is 15.0 Å². The molecule has 1 saturated heterocycles. The molecule has 2 aliphatic heterocycles. The Hall–Kier alpha value is -3.63. The first-order chi connectivity index (χ1) is 16.6. The third kappa shape index (κ3) is 4.82. The number of benzene rings is 2. The Morgan fingerprint density at radius 2 is 1.74 bits per heavy atom. The molecule has 0 amide bonds. The van der Waals surface area contributed by atoms with Crippen molar-refractivity contribution in [3.63, 3.8) is 0 Å². The molecule has 0 spiro atoms. The van der Waals surface area contributed by atoms with Crippen molar-refractivity contribution in [2.75, 3.05) is 43.2 Å². The van der Waals surface area contributed by atoms with Crippen LogP contribution in [-0.2, 0) is 13.1 Å². The second-order valence-corrected chi connectivity index (χ2v) is 8.52. The van der Waals surface area contributed by atoms with Crippen LogP contribution in [0.25, 0.3) is 0 Å². The molecule has 10 nitrogen and oxygen atoms in total.